The number of likely N-dealkylation sites (N-methyl/N-ethyl adjacent to an activating group) is 1. The van der Waals surface area contributed by atoms with Gasteiger partial charge in [0.1, 0.15) is 11.6 Å². The fraction of sp³-hybridized carbons (Fsp3) is 0.519. The highest BCUT2D eigenvalue weighted by molar-refractivity contribution is 7.97. The molecular formula is C27H38FN3O3S2. The topological polar surface area (TPSA) is 62.8 Å². The quantitative estimate of drug-likeness (QED) is 0.187. The molecule has 0 saturated carbocycles. The van der Waals surface area contributed by atoms with Gasteiger partial charge in [-0.3, -0.25) is 4.79 Å². The molecule has 2 aromatic rings. The fourth-order valence-electron chi connectivity index (χ4n) is 3.78. The molecule has 1 fully saturated rings. The third-order valence-electron chi connectivity index (χ3n) is 6.08. The predicted octanol–water partition coefficient (Wildman–Crippen LogP) is 5.54. The Morgan fingerprint density at radius 1 is 1.06 bits per heavy atom. The lowest BCUT2D eigenvalue weighted by molar-refractivity contribution is -0.130. The minimum atomic E-state index is -0.464. The second-order valence-corrected chi connectivity index (χ2v) is 11.6. The summed E-state index contributed by atoms with van der Waals surface area (Å²) in [6.45, 7) is 7.85. The number of benzene rings is 2. The van der Waals surface area contributed by atoms with Crippen LogP contribution in [0.25, 0.3) is 0 Å². The molecule has 0 bridgehead atoms. The molecule has 1 aliphatic rings. The third kappa shape index (κ3) is 9.94. The molecule has 1 aliphatic heterocycles. The van der Waals surface area contributed by atoms with Crippen molar-refractivity contribution >= 4 is 29.9 Å². The molecule has 198 valence electrons. The maximum Gasteiger partial charge on any atom is 0.225 e. The average molecular weight is 536 g/mol. The van der Waals surface area contributed by atoms with E-state index in [0.29, 0.717) is 19.0 Å². The highest BCUT2D eigenvalue weighted by Crippen LogP contribution is 2.29. The number of nitrogens with zero attached hydrogens (tertiary/aromatic N) is 1. The van der Waals surface area contributed by atoms with Crippen LogP contribution < -0.4 is 15.4 Å². The summed E-state index contributed by atoms with van der Waals surface area (Å²) in [6.07, 6.45) is 3.36. The van der Waals surface area contributed by atoms with Crippen LogP contribution in [0.4, 0.5) is 4.39 Å². The van der Waals surface area contributed by atoms with Crippen molar-refractivity contribution in [1.82, 2.24) is 14.9 Å². The monoisotopic (exact) mass is 535 g/mol. The van der Waals surface area contributed by atoms with E-state index in [2.05, 4.69) is 39.2 Å². The van der Waals surface area contributed by atoms with Gasteiger partial charge in [0.2, 0.25) is 5.91 Å². The maximum atomic E-state index is 13.0. The van der Waals surface area contributed by atoms with Crippen molar-refractivity contribution in [3.8, 4) is 5.75 Å². The van der Waals surface area contributed by atoms with Gasteiger partial charge in [0, 0.05) is 52.9 Å². The predicted molar refractivity (Wildman–Crippen MR) is 146 cm³/mol. The summed E-state index contributed by atoms with van der Waals surface area (Å²) in [5.74, 6) is 0.465. The zero-order valence-electron chi connectivity index (χ0n) is 21.4. The molecule has 36 heavy (non-hydrogen) atoms. The molecule has 6 nitrogen and oxygen atoms in total. The summed E-state index contributed by atoms with van der Waals surface area (Å²) in [7, 11) is 1.91. The number of piperidine rings is 1. The van der Waals surface area contributed by atoms with Crippen LogP contribution in [0, 0.1) is 11.2 Å². The summed E-state index contributed by atoms with van der Waals surface area (Å²) >= 11 is 3.18. The molecule has 2 aromatic carbocycles. The molecule has 0 aliphatic carbocycles. The summed E-state index contributed by atoms with van der Waals surface area (Å²) in [4.78, 5) is 15.2. The van der Waals surface area contributed by atoms with Gasteiger partial charge < -0.3 is 19.6 Å². The normalized spacial score (nSPS) is 15.1. The van der Waals surface area contributed by atoms with Crippen molar-refractivity contribution in [2.24, 2.45) is 5.41 Å². The van der Waals surface area contributed by atoms with E-state index in [4.69, 9.17) is 8.92 Å². The van der Waals surface area contributed by atoms with Crippen LogP contribution in [0.1, 0.15) is 39.5 Å². The Morgan fingerprint density at radius 2 is 1.72 bits per heavy atom. The number of hydrogen-bond acceptors (Lipinski definition) is 7. The van der Waals surface area contributed by atoms with E-state index in [9.17, 15) is 9.18 Å². The van der Waals surface area contributed by atoms with Crippen molar-refractivity contribution in [2.45, 2.75) is 55.4 Å². The van der Waals surface area contributed by atoms with Crippen LogP contribution in [0.2, 0.25) is 0 Å². The summed E-state index contributed by atoms with van der Waals surface area (Å²) in [5.41, 5.74) is -0.464. The first kappa shape index (κ1) is 28.8. The van der Waals surface area contributed by atoms with Crippen molar-refractivity contribution in [3.63, 3.8) is 0 Å². The number of carbonyl (C=O) groups excluding carboxylic acids is 1. The van der Waals surface area contributed by atoms with Crippen molar-refractivity contribution in [3.05, 3.63) is 54.3 Å². The third-order valence-corrected chi connectivity index (χ3v) is 7.94. The van der Waals surface area contributed by atoms with Gasteiger partial charge in [-0.25, -0.2) is 8.70 Å². The van der Waals surface area contributed by atoms with Gasteiger partial charge in [-0.05, 0) is 93.2 Å². The van der Waals surface area contributed by atoms with Crippen LogP contribution in [0.3, 0.4) is 0 Å². The van der Waals surface area contributed by atoms with E-state index in [1.54, 1.807) is 24.1 Å². The Hall–Kier alpha value is -1.78. The van der Waals surface area contributed by atoms with E-state index in [1.165, 1.54) is 29.1 Å². The van der Waals surface area contributed by atoms with E-state index in [-0.39, 0.29) is 17.8 Å². The first-order valence-electron chi connectivity index (χ1n) is 12.5. The Balaban J connectivity index is 1.32. The van der Waals surface area contributed by atoms with Crippen LogP contribution in [-0.2, 0) is 8.98 Å². The van der Waals surface area contributed by atoms with Crippen molar-refractivity contribution in [2.75, 3.05) is 39.9 Å². The number of ether oxygens (including phenoxy) is 1. The number of amides is 1. The number of nitrogens with one attached hydrogen (secondary N) is 2. The van der Waals surface area contributed by atoms with E-state index < -0.39 is 5.41 Å². The van der Waals surface area contributed by atoms with Crippen LogP contribution in [0.5, 0.6) is 5.75 Å². The highest BCUT2D eigenvalue weighted by Gasteiger charge is 2.30. The van der Waals surface area contributed by atoms with Crippen LogP contribution >= 0.6 is 24.0 Å². The molecule has 0 spiro atoms. The molecule has 3 rings (SSSR count). The van der Waals surface area contributed by atoms with Gasteiger partial charge in [0.25, 0.3) is 0 Å². The molecule has 1 amide bonds. The standard InChI is InChI=1S/C27H38FN3O3S2/c1-27(2,15-4-19-33-23-7-5-21(28)6-8-23)26(32)30-22-13-17-31(18-14-22)35-24-9-11-25(12-10-24)36-34-20-16-29-3/h5-12,22,29H,4,13-20H2,1-3H3,(H,30,32). The Bertz CT molecular complexity index is 921. The van der Waals surface area contributed by atoms with E-state index >= 15 is 0 Å². The number of rotatable bonds is 14. The number of carbonyl (C=O) groups is 1. The Morgan fingerprint density at radius 3 is 2.39 bits per heavy atom. The molecule has 0 radical (unpaired) electrons. The number of halogens is 1. The van der Waals surface area contributed by atoms with Crippen LogP contribution in [-0.4, -0.2) is 56.1 Å². The zero-order chi connectivity index (χ0) is 25.8. The van der Waals surface area contributed by atoms with E-state index in [1.807, 2.05) is 20.9 Å². The molecule has 9 heteroatoms. The second kappa shape index (κ2) is 14.8. The van der Waals surface area contributed by atoms with Gasteiger partial charge >= 0.3 is 0 Å². The smallest absolute Gasteiger partial charge is 0.225 e. The summed E-state index contributed by atoms with van der Waals surface area (Å²) < 4.78 is 26.6. The lowest BCUT2D eigenvalue weighted by Crippen LogP contribution is -2.47. The summed E-state index contributed by atoms with van der Waals surface area (Å²) in [5, 5.41) is 6.33. The van der Waals surface area contributed by atoms with Crippen molar-refractivity contribution < 1.29 is 18.1 Å². The number of hydrogen-bond donors (Lipinski definition) is 2. The lowest BCUT2D eigenvalue weighted by atomic mass is 9.86. The average Bonchev–Trinajstić information content (AvgIpc) is 2.88. The lowest BCUT2D eigenvalue weighted by Gasteiger charge is -2.33. The molecule has 0 unspecified atom stereocenters. The van der Waals surface area contributed by atoms with Gasteiger partial charge in [0.15, 0.2) is 0 Å². The molecule has 1 saturated heterocycles. The van der Waals surface area contributed by atoms with Gasteiger partial charge in [0.05, 0.1) is 13.2 Å². The molecular weight excluding hydrogens is 497 g/mol. The molecule has 0 atom stereocenters. The summed E-state index contributed by atoms with van der Waals surface area (Å²) in [6, 6.07) is 14.7. The van der Waals surface area contributed by atoms with Gasteiger partial charge in [-0.1, -0.05) is 13.8 Å². The maximum absolute atomic E-state index is 13.0. The first-order chi connectivity index (χ1) is 17.4. The molecule has 0 aromatic heterocycles. The SMILES string of the molecule is CNCCOSc1ccc(SN2CCC(NC(=O)C(C)(C)CCCOc3ccc(F)cc3)CC2)cc1. The minimum Gasteiger partial charge on any atom is -0.494 e. The molecule has 1 heterocycles. The molecule has 2 N–H and O–H groups in total. The zero-order valence-corrected chi connectivity index (χ0v) is 23.1. The van der Waals surface area contributed by atoms with Gasteiger partial charge in [-0.2, -0.15) is 0 Å². The fourth-order valence-corrected chi connectivity index (χ4v) is 5.28. The van der Waals surface area contributed by atoms with Crippen LogP contribution in [0.15, 0.2) is 58.3 Å². The largest absolute Gasteiger partial charge is 0.494 e. The second-order valence-electron chi connectivity index (χ2n) is 9.54. The first-order valence-corrected chi connectivity index (χ1v) is 14.0. The minimum absolute atomic E-state index is 0.0976. The highest BCUT2D eigenvalue weighted by atomic mass is 32.2. The van der Waals surface area contributed by atoms with Crippen molar-refractivity contribution in [1.29, 1.82) is 0 Å². The Labute approximate surface area is 223 Å². The Kier molecular flexibility index (Phi) is 11.9. The van der Waals surface area contributed by atoms with Gasteiger partial charge in [-0.15, -0.1) is 0 Å². The van der Waals surface area contributed by atoms with E-state index in [0.717, 1.165) is 50.2 Å².